The molecule has 0 heterocycles. The number of hydrogen-bond acceptors (Lipinski definition) is 7. The van der Waals surface area contributed by atoms with Crippen molar-refractivity contribution in [1.82, 2.24) is 0 Å². The van der Waals surface area contributed by atoms with Gasteiger partial charge in [0.1, 0.15) is 19.3 Å². The van der Waals surface area contributed by atoms with E-state index in [9.17, 15) is 14.3 Å². The molecule has 0 aromatic carbocycles. The monoisotopic (exact) mass is 1040 g/mol. The third-order valence-corrected chi connectivity index (χ3v) is 15.9. The van der Waals surface area contributed by atoms with Crippen LogP contribution in [0, 0.1) is 0 Å². The number of unbranched alkanes of at least 4 members (excludes halogenated alkanes) is 48. The second kappa shape index (κ2) is 56.7. The number of hydrogen-bond donors (Lipinski definition) is 0. The largest absolute Gasteiger partial charge is 0.756 e. The average molecular weight is 1040 g/mol. The summed E-state index contributed by atoms with van der Waals surface area (Å²) in [6, 6.07) is 0. The van der Waals surface area contributed by atoms with Crippen LogP contribution >= 0.6 is 7.82 Å². The number of ether oxygens (including phenoxy) is 2. The molecule has 0 spiro atoms. The summed E-state index contributed by atoms with van der Waals surface area (Å²) in [5.74, 6) is -0.321. The molecule has 0 amide bonds. The van der Waals surface area contributed by atoms with E-state index in [2.05, 4.69) is 13.8 Å². The minimum absolute atomic E-state index is 0.0322. The first kappa shape index (κ1) is 71.5. The molecule has 0 fully saturated rings. The highest BCUT2D eigenvalue weighted by molar-refractivity contribution is 7.45. The van der Waals surface area contributed by atoms with Crippen LogP contribution in [0.1, 0.15) is 341 Å². The smallest absolute Gasteiger partial charge is 0.306 e. The number of phosphoric acid groups is 1. The van der Waals surface area contributed by atoms with Crippen LogP contribution in [0.5, 0.6) is 0 Å². The van der Waals surface area contributed by atoms with Gasteiger partial charge in [0.05, 0.1) is 34.4 Å². The molecule has 0 saturated heterocycles. The Morgan fingerprint density at radius 2 is 0.639 bits per heavy atom. The van der Waals surface area contributed by atoms with Gasteiger partial charge in [-0.25, -0.2) is 0 Å². The van der Waals surface area contributed by atoms with Crippen LogP contribution in [0.3, 0.4) is 0 Å². The van der Waals surface area contributed by atoms with Gasteiger partial charge in [0.25, 0.3) is 7.82 Å². The van der Waals surface area contributed by atoms with Gasteiger partial charge in [0, 0.05) is 13.0 Å². The third kappa shape index (κ3) is 60.4. The van der Waals surface area contributed by atoms with Gasteiger partial charge in [-0.3, -0.25) is 9.36 Å². The quantitative estimate of drug-likeness (QED) is 0.0259. The van der Waals surface area contributed by atoms with Crippen LogP contribution < -0.4 is 4.89 Å². The summed E-state index contributed by atoms with van der Waals surface area (Å²) in [5, 5.41) is 0. The van der Waals surface area contributed by atoms with E-state index in [-0.39, 0.29) is 25.8 Å². The lowest BCUT2D eigenvalue weighted by atomic mass is 10.0. The molecule has 0 N–H and O–H groups in total. The summed E-state index contributed by atoms with van der Waals surface area (Å²) in [5.41, 5.74) is 0. The van der Waals surface area contributed by atoms with Crippen molar-refractivity contribution in [3.8, 4) is 0 Å². The standard InChI is InChI=1S/C63H128NO7P/c1-6-8-10-12-14-16-18-20-22-24-26-28-30-32-33-35-37-39-41-43-45-47-49-51-53-55-58-68-60-62(61-70-72(66,67)69-59-57-64(3,4)5)71-63(65)56-54-52-50-48-46-44-42-40-38-36-34-31-29-27-25-23-21-19-17-15-13-11-9-7-2/h62H,6-61H2,1-5H3. The minimum Gasteiger partial charge on any atom is -0.756 e. The van der Waals surface area contributed by atoms with E-state index >= 15 is 0 Å². The van der Waals surface area contributed by atoms with Crippen LogP contribution in [0.4, 0.5) is 0 Å². The second-order valence-electron chi connectivity index (χ2n) is 23.5. The normalized spacial score (nSPS) is 13.2. The maximum atomic E-state index is 12.8. The summed E-state index contributed by atoms with van der Waals surface area (Å²) in [6.45, 7) is 5.52. The molecule has 8 nitrogen and oxygen atoms in total. The van der Waals surface area contributed by atoms with E-state index in [1.54, 1.807) is 0 Å². The first-order valence-electron chi connectivity index (χ1n) is 32.3. The number of carbonyl (C=O) groups is 1. The van der Waals surface area contributed by atoms with Gasteiger partial charge in [-0.1, -0.05) is 322 Å². The molecule has 2 atom stereocenters. The first-order valence-corrected chi connectivity index (χ1v) is 33.7. The maximum absolute atomic E-state index is 12.8. The van der Waals surface area contributed by atoms with E-state index in [4.69, 9.17) is 18.5 Å². The number of rotatable bonds is 62. The molecule has 9 heteroatoms. The van der Waals surface area contributed by atoms with E-state index < -0.39 is 13.9 Å². The zero-order valence-corrected chi connectivity index (χ0v) is 50.3. The highest BCUT2D eigenvalue weighted by Crippen LogP contribution is 2.38. The summed E-state index contributed by atoms with van der Waals surface area (Å²) in [7, 11) is 1.39. The Hall–Kier alpha value is -0.500. The SMILES string of the molecule is CCCCCCCCCCCCCCCCCCCCCCCCCCCCOCC(COP(=O)([O-])OCC[N+](C)(C)C)OC(=O)CCCCCCCCCCCCCCCCCCCCCCCCCC. The van der Waals surface area contributed by atoms with Crippen LogP contribution in [0.25, 0.3) is 0 Å². The van der Waals surface area contributed by atoms with Crippen LogP contribution in [-0.2, 0) is 27.9 Å². The molecule has 0 aromatic heterocycles. The number of carbonyl (C=O) groups excluding carboxylic acids is 1. The van der Waals surface area contributed by atoms with Crippen molar-refractivity contribution in [2.75, 3.05) is 54.1 Å². The Morgan fingerprint density at radius 1 is 0.375 bits per heavy atom. The van der Waals surface area contributed by atoms with E-state index in [0.717, 1.165) is 32.1 Å². The zero-order valence-electron chi connectivity index (χ0n) is 49.4. The van der Waals surface area contributed by atoms with Gasteiger partial charge in [-0.2, -0.15) is 0 Å². The van der Waals surface area contributed by atoms with Crippen LogP contribution in [-0.4, -0.2) is 70.7 Å². The van der Waals surface area contributed by atoms with Crippen molar-refractivity contribution in [2.24, 2.45) is 0 Å². The predicted molar refractivity (Wildman–Crippen MR) is 310 cm³/mol. The summed E-state index contributed by atoms with van der Waals surface area (Å²) >= 11 is 0. The van der Waals surface area contributed by atoms with Crippen molar-refractivity contribution in [1.29, 1.82) is 0 Å². The molecule has 2 unspecified atom stereocenters. The maximum Gasteiger partial charge on any atom is 0.306 e. The van der Waals surface area contributed by atoms with E-state index in [1.807, 2.05) is 21.1 Å². The van der Waals surface area contributed by atoms with E-state index in [1.165, 1.54) is 289 Å². The van der Waals surface area contributed by atoms with Gasteiger partial charge >= 0.3 is 5.97 Å². The number of quaternary nitrogens is 1. The van der Waals surface area contributed by atoms with Crippen LogP contribution in [0.15, 0.2) is 0 Å². The van der Waals surface area contributed by atoms with Crippen molar-refractivity contribution in [2.45, 2.75) is 347 Å². The fourth-order valence-electron chi connectivity index (χ4n) is 9.97. The summed E-state index contributed by atoms with van der Waals surface area (Å²) in [6.07, 6.45) is 67.4. The van der Waals surface area contributed by atoms with E-state index in [0.29, 0.717) is 24.1 Å². The molecule has 0 bridgehead atoms. The summed E-state index contributed by atoms with van der Waals surface area (Å²) < 4.78 is 35.0. The van der Waals surface area contributed by atoms with Crippen molar-refractivity contribution in [3.05, 3.63) is 0 Å². The Labute approximate surface area is 450 Å². The van der Waals surface area contributed by atoms with Gasteiger partial charge in [-0.15, -0.1) is 0 Å². The Balaban J connectivity index is 3.94. The van der Waals surface area contributed by atoms with Crippen molar-refractivity contribution < 1.29 is 37.3 Å². The lowest BCUT2D eigenvalue weighted by Gasteiger charge is -2.28. The highest BCUT2D eigenvalue weighted by Gasteiger charge is 2.20. The van der Waals surface area contributed by atoms with Gasteiger partial charge in [0.15, 0.2) is 0 Å². The number of esters is 1. The fourth-order valence-corrected chi connectivity index (χ4v) is 10.7. The molecular formula is C63H128NO7P. The Kier molecular flexibility index (Phi) is 56.3. The minimum atomic E-state index is -4.53. The molecule has 0 aliphatic rings. The lowest BCUT2D eigenvalue weighted by Crippen LogP contribution is -2.37. The molecule has 432 valence electrons. The fraction of sp³-hybridized carbons (Fsp3) is 0.984. The number of likely N-dealkylation sites (N-methyl/N-ethyl adjacent to an activating group) is 1. The predicted octanol–water partition coefficient (Wildman–Crippen LogP) is 20.1. The molecule has 0 saturated carbocycles. The molecule has 0 radical (unpaired) electrons. The zero-order chi connectivity index (χ0) is 52.6. The van der Waals surface area contributed by atoms with Crippen LogP contribution in [0.2, 0.25) is 0 Å². The Bertz CT molecular complexity index is 1120. The Morgan fingerprint density at radius 3 is 0.917 bits per heavy atom. The molecular weight excluding hydrogens is 914 g/mol. The molecule has 0 aromatic rings. The summed E-state index contributed by atoms with van der Waals surface area (Å²) in [4.78, 5) is 25.3. The number of phosphoric ester groups is 1. The molecule has 0 aliphatic carbocycles. The van der Waals surface area contributed by atoms with Gasteiger partial charge in [-0.05, 0) is 12.8 Å². The van der Waals surface area contributed by atoms with Crippen molar-refractivity contribution >= 4 is 13.8 Å². The van der Waals surface area contributed by atoms with Gasteiger partial charge < -0.3 is 27.9 Å². The molecule has 0 rings (SSSR count). The van der Waals surface area contributed by atoms with Gasteiger partial charge in [0.2, 0.25) is 0 Å². The third-order valence-electron chi connectivity index (χ3n) is 14.9. The average Bonchev–Trinajstić information content (AvgIpc) is 3.34. The number of nitrogens with zero attached hydrogens (tertiary/aromatic N) is 1. The lowest BCUT2D eigenvalue weighted by molar-refractivity contribution is -0.870. The second-order valence-corrected chi connectivity index (χ2v) is 24.9. The molecule has 72 heavy (non-hydrogen) atoms. The first-order chi connectivity index (χ1) is 35.1. The highest BCUT2D eigenvalue weighted by atomic mass is 31.2. The van der Waals surface area contributed by atoms with Crippen molar-refractivity contribution in [3.63, 3.8) is 0 Å². The molecule has 0 aliphatic heterocycles. The topological polar surface area (TPSA) is 94.1 Å².